The van der Waals surface area contributed by atoms with Gasteiger partial charge in [-0.15, -0.1) is 0 Å². The molecule has 0 unspecified atom stereocenters. The number of carbonyl (C=O) groups is 2. The first kappa shape index (κ1) is 26.2. The standard InChI is InChI=1S/C26H25BrClN3O4/c1-2-34-22-10-8-21(9-11-22)30-25(32)13-14-26(33)31-29-16-19-5-12-24(23(27)15-19)35-17-18-3-6-20(28)7-4-18/h3-12,15-16H,2,13-14,17H2,1H3,(H,30,32)(H,31,33). The minimum atomic E-state index is -0.356. The minimum Gasteiger partial charge on any atom is -0.494 e. The molecule has 3 aromatic carbocycles. The number of benzene rings is 3. The molecular weight excluding hydrogens is 534 g/mol. The lowest BCUT2D eigenvalue weighted by Gasteiger charge is -2.09. The molecule has 2 N–H and O–H groups in total. The second kappa shape index (κ2) is 13.5. The Kier molecular flexibility index (Phi) is 10.1. The van der Waals surface area contributed by atoms with Gasteiger partial charge in [-0.1, -0.05) is 23.7 Å². The maximum atomic E-state index is 12.1. The summed E-state index contributed by atoms with van der Waals surface area (Å²) in [4.78, 5) is 24.1. The van der Waals surface area contributed by atoms with Gasteiger partial charge in [0.2, 0.25) is 11.8 Å². The molecule has 0 saturated carbocycles. The van der Waals surface area contributed by atoms with E-state index in [2.05, 4.69) is 31.8 Å². The van der Waals surface area contributed by atoms with E-state index in [9.17, 15) is 9.59 Å². The largest absolute Gasteiger partial charge is 0.494 e. The van der Waals surface area contributed by atoms with E-state index in [4.69, 9.17) is 21.1 Å². The SMILES string of the molecule is CCOc1ccc(NC(=O)CCC(=O)NN=Cc2ccc(OCc3ccc(Cl)cc3)c(Br)c2)cc1. The van der Waals surface area contributed by atoms with Gasteiger partial charge in [-0.05, 0) is 88.6 Å². The molecule has 7 nitrogen and oxygen atoms in total. The van der Waals surface area contributed by atoms with Crippen LogP contribution in [0.4, 0.5) is 5.69 Å². The highest BCUT2D eigenvalue weighted by atomic mass is 79.9. The predicted octanol–water partition coefficient (Wildman–Crippen LogP) is 5.95. The van der Waals surface area contributed by atoms with Gasteiger partial charge in [-0.25, -0.2) is 5.43 Å². The maximum absolute atomic E-state index is 12.1. The number of ether oxygens (including phenoxy) is 2. The minimum absolute atomic E-state index is 0.0153. The van der Waals surface area contributed by atoms with Crippen LogP contribution in [0, 0.1) is 0 Å². The van der Waals surface area contributed by atoms with Gasteiger partial charge in [0.15, 0.2) is 0 Å². The molecule has 0 spiro atoms. The molecule has 182 valence electrons. The Bertz CT molecular complexity index is 1170. The maximum Gasteiger partial charge on any atom is 0.240 e. The van der Waals surface area contributed by atoms with Gasteiger partial charge in [0, 0.05) is 23.6 Å². The van der Waals surface area contributed by atoms with Crippen LogP contribution in [0.25, 0.3) is 0 Å². The number of hydrazone groups is 1. The van der Waals surface area contributed by atoms with Crippen molar-refractivity contribution in [2.45, 2.75) is 26.4 Å². The van der Waals surface area contributed by atoms with E-state index in [1.165, 1.54) is 6.21 Å². The molecule has 0 aliphatic carbocycles. The zero-order valence-electron chi connectivity index (χ0n) is 19.1. The highest BCUT2D eigenvalue weighted by Crippen LogP contribution is 2.26. The lowest BCUT2D eigenvalue weighted by atomic mass is 10.2. The second-order valence-corrected chi connectivity index (χ2v) is 8.69. The Labute approximate surface area is 217 Å². The van der Waals surface area contributed by atoms with E-state index < -0.39 is 0 Å². The molecular formula is C26H25BrClN3O4. The van der Waals surface area contributed by atoms with Crippen LogP contribution >= 0.6 is 27.5 Å². The Balaban J connectivity index is 1.40. The number of amides is 2. The zero-order valence-corrected chi connectivity index (χ0v) is 21.4. The van der Waals surface area contributed by atoms with Crippen molar-refractivity contribution in [2.24, 2.45) is 5.10 Å². The molecule has 0 heterocycles. The zero-order chi connectivity index (χ0) is 25.0. The van der Waals surface area contributed by atoms with Gasteiger partial charge >= 0.3 is 0 Å². The number of rotatable bonds is 11. The first-order valence-electron chi connectivity index (χ1n) is 10.9. The average molecular weight is 559 g/mol. The Morgan fingerprint density at radius 3 is 2.37 bits per heavy atom. The van der Waals surface area contributed by atoms with E-state index in [0.717, 1.165) is 21.3 Å². The summed E-state index contributed by atoms with van der Waals surface area (Å²) in [7, 11) is 0. The van der Waals surface area contributed by atoms with Gasteiger partial charge in [-0.2, -0.15) is 5.10 Å². The lowest BCUT2D eigenvalue weighted by molar-refractivity contribution is -0.124. The van der Waals surface area contributed by atoms with Crippen LogP contribution in [0.1, 0.15) is 30.9 Å². The summed E-state index contributed by atoms with van der Waals surface area (Å²) in [5.74, 6) is 0.797. The summed E-state index contributed by atoms with van der Waals surface area (Å²) in [6.07, 6.45) is 1.58. The molecule has 0 aliphatic heterocycles. The van der Waals surface area contributed by atoms with Gasteiger partial charge in [0.25, 0.3) is 0 Å². The Hall–Kier alpha value is -3.36. The summed E-state index contributed by atoms with van der Waals surface area (Å²) in [5.41, 5.74) is 4.85. The normalized spacial score (nSPS) is 10.7. The fraction of sp³-hybridized carbons (Fsp3) is 0.192. The van der Waals surface area contributed by atoms with Crippen LogP contribution in [-0.4, -0.2) is 24.6 Å². The first-order valence-corrected chi connectivity index (χ1v) is 12.1. The molecule has 3 aromatic rings. The van der Waals surface area contributed by atoms with Gasteiger partial charge in [0.05, 0.1) is 17.3 Å². The van der Waals surface area contributed by atoms with E-state index in [1.807, 2.05) is 49.4 Å². The van der Waals surface area contributed by atoms with Crippen molar-refractivity contribution in [3.05, 3.63) is 87.4 Å². The van der Waals surface area contributed by atoms with E-state index in [1.54, 1.807) is 24.3 Å². The first-order chi connectivity index (χ1) is 16.9. The number of halogens is 2. The van der Waals surface area contributed by atoms with Crippen molar-refractivity contribution in [3.63, 3.8) is 0 Å². The molecule has 0 atom stereocenters. The summed E-state index contributed by atoms with van der Waals surface area (Å²) in [6.45, 7) is 2.89. The average Bonchev–Trinajstić information content (AvgIpc) is 2.85. The number of hydrogen-bond donors (Lipinski definition) is 2. The fourth-order valence-corrected chi connectivity index (χ4v) is 3.58. The third kappa shape index (κ3) is 9.07. The Morgan fingerprint density at radius 2 is 1.69 bits per heavy atom. The second-order valence-electron chi connectivity index (χ2n) is 7.40. The molecule has 0 aliphatic rings. The molecule has 9 heteroatoms. The van der Waals surface area contributed by atoms with Gasteiger partial charge in [-0.3, -0.25) is 9.59 Å². The molecule has 0 radical (unpaired) electrons. The van der Waals surface area contributed by atoms with Crippen molar-refractivity contribution in [3.8, 4) is 11.5 Å². The van der Waals surface area contributed by atoms with Crippen molar-refractivity contribution >= 4 is 51.2 Å². The fourth-order valence-electron chi connectivity index (χ4n) is 2.94. The third-order valence-electron chi connectivity index (χ3n) is 4.69. The van der Waals surface area contributed by atoms with Crippen molar-refractivity contribution in [1.29, 1.82) is 0 Å². The van der Waals surface area contributed by atoms with E-state index >= 15 is 0 Å². The molecule has 2 amide bonds. The van der Waals surface area contributed by atoms with Crippen molar-refractivity contribution in [1.82, 2.24) is 5.43 Å². The van der Waals surface area contributed by atoms with Gasteiger partial charge < -0.3 is 14.8 Å². The predicted molar refractivity (Wildman–Crippen MR) is 141 cm³/mol. The Morgan fingerprint density at radius 1 is 0.971 bits per heavy atom. The molecule has 0 saturated heterocycles. The van der Waals surface area contributed by atoms with Crippen LogP contribution in [-0.2, 0) is 16.2 Å². The number of anilines is 1. The highest BCUT2D eigenvalue weighted by Gasteiger charge is 2.07. The van der Waals surface area contributed by atoms with E-state index in [-0.39, 0.29) is 24.7 Å². The van der Waals surface area contributed by atoms with E-state index in [0.29, 0.717) is 29.7 Å². The summed E-state index contributed by atoms with van der Waals surface area (Å²) >= 11 is 9.38. The molecule has 0 fully saturated rings. The highest BCUT2D eigenvalue weighted by molar-refractivity contribution is 9.10. The van der Waals surface area contributed by atoms with Crippen LogP contribution in [0.15, 0.2) is 76.3 Å². The summed E-state index contributed by atoms with van der Waals surface area (Å²) in [5, 5.41) is 7.38. The molecule has 0 aromatic heterocycles. The quantitative estimate of drug-likeness (QED) is 0.225. The summed E-state index contributed by atoms with van der Waals surface area (Å²) < 4.78 is 11.9. The van der Waals surface area contributed by atoms with Crippen molar-refractivity contribution < 1.29 is 19.1 Å². The van der Waals surface area contributed by atoms with Crippen LogP contribution in [0.3, 0.4) is 0 Å². The number of carbonyl (C=O) groups excluding carboxylic acids is 2. The topological polar surface area (TPSA) is 89.0 Å². The summed E-state index contributed by atoms with van der Waals surface area (Å²) in [6, 6.07) is 20.0. The number of nitrogens with one attached hydrogen (secondary N) is 2. The van der Waals surface area contributed by atoms with Crippen LogP contribution < -0.4 is 20.2 Å². The molecule has 0 bridgehead atoms. The molecule has 35 heavy (non-hydrogen) atoms. The van der Waals surface area contributed by atoms with Crippen LogP contribution in [0.5, 0.6) is 11.5 Å². The smallest absolute Gasteiger partial charge is 0.240 e. The molecule has 3 rings (SSSR count). The lowest BCUT2D eigenvalue weighted by Crippen LogP contribution is -2.20. The third-order valence-corrected chi connectivity index (χ3v) is 5.57. The number of hydrogen-bond acceptors (Lipinski definition) is 5. The van der Waals surface area contributed by atoms with Crippen molar-refractivity contribution in [2.75, 3.05) is 11.9 Å². The number of nitrogens with zero attached hydrogens (tertiary/aromatic N) is 1. The monoisotopic (exact) mass is 557 g/mol. The van der Waals surface area contributed by atoms with Crippen LogP contribution in [0.2, 0.25) is 5.02 Å². The van der Waals surface area contributed by atoms with Gasteiger partial charge in [0.1, 0.15) is 18.1 Å².